The number of aryl methyl sites for hydroxylation is 1. The third-order valence-electron chi connectivity index (χ3n) is 2.31. The number of hydrogen-bond acceptors (Lipinski definition) is 3. The van der Waals surface area contributed by atoms with E-state index in [-0.39, 0.29) is 0 Å². The number of nitrogens with one attached hydrogen (secondary N) is 1. The lowest BCUT2D eigenvalue weighted by molar-refractivity contribution is 0.116. The summed E-state index contributed by atoms with van der Waals surface area (Å²) in [6.07, 6.45) is 4.87. The van der Waals surface area contributed by atoms with Crippen LogP contribution in [0.4, 0.5) is 0 Å². The van der Waals surface area contributed by atoms with Crippen LogP contribution in [0.1, 0.15) is 32.9 Å². The zero-order valence-electron chi connectivity index (χ0n) is 10.6. The average molecular weight is 225 g/mol. The van der Waals surface area contributed by atoms with Crippen LogP contribution in [0, 0.1) is 0 Å². The Labute approximate surface area is 98.0 Å². The van der Waals surface area contributed by atoms with Gasteiger partial charge in [0.05, 0.1) is 31.4 Å². The van der Waals surface area contributed by atoms with Gasteiger partial charge in [-0.2, -0.15) is 0 Å². The minimum Gasteiger partial charge on any atom is -0.374 e. The van der Waals surface area contributed by atoms with Gasteiger partial charge >= 0.3 is 0 Å². The van der Waals surface area contributed by atoms with E-state index in [9.17, 15) is 0 Å². The first kappa shape index (κ1) is 13.2. The lowest BCUT2D eigenvalue weighted by Gasteiger charge is -2.09. The summed E-state index contributed by atoms with van der Waals surface area (Å²) in [5, 5.41) is 3.32. The Morgan fingerprint density at radius 1 is 1.50 bits per heavy atom. The Morgan fingerprint density at radius 3 is 3.00 bits per heavy atom. The standard InChI is InChI=1S/C12H23N3O/c1-4-6-15-10-13-8-12(15)9-16-7-5-14-11(2)3/h8,10-11,14H,4-7,9H2,1-3H3. The van der Waals surface area contributed by atoms with Crippen molar-refractivity contribution in [3.63, 3.8) is 0 Å². The monoisotopic (exact) mass is 225 g/mol. The van der Waals surface area contributed by atoms with Gasteiger partial charge in [-0.05, 0) is 6.42 Å². The maximum Gasteiger partial charge on any atom is 0.0948 e. The average Bonchev–Trinajstić information content (AvgIpc) is 2.65. The van der Waals surface area contributed by atoms with E-state index in [1.54, 1.807) is 0 Å². The van der Waals surface area contributed by atoms with Gasteiger partial charge in [0.1, 0.15) is 0 Å². The Kier molecular flexibility index (Phi) is 6.11. The maximum absolute atomic E-state index is 5.59. The Morgan fingerprint density at radius 2 is 2.31 bits per heavy atom. The van der Waals surface area contributed by atoms with Gasteiger partial charge in [0.2, 0.25) is 0 Å². The van der Waals surface area contributed by atoms with E-state index in [1.807, 2.05) is 12.5 Å². The second kappa shape index (κ2) is 7.41. The number of nitrogens with zero attached hydrogens (tertiary/aromatic N) is 2. The van der Waals surface area contributed by atoms with Crippen LogP contribution >= 0.6 is 0 Å². The summed E-state index contributed by atoms with van der Waals surface area (Å²) >= 11 is 0. The van der Waals surface area contributed by atoms with E-state index in [4.69, 9.17) is 4.74 Å². The SMILES string of the molecule is CCCn1cncc1COCCNC(C)C. The molecule has 92 valence electrons. The Balaban J connectivity index is 2.18. The summed E-state index contributed by atoms with van der Waals surface area (Å²) in [5.74, 6) is 0. The minimum absolute atomic E-state index is 0.522. The molecule has 0 radical (unpaired) electrons. The predicted octanol–water partition coefficient (Wildman–Crippen LogP) is 1.81. The normalized spacial score (nSPS) is 11.2. The van der Waals surface area contributed by atoms with Gasteiger partial charge in [-0.15, -0.1) is 0 Å². The van der Waals surface area contributed by atoms with E-state index in [1.165, 1.54) is 0 Å². The molecule has 0 saturated carbocycles. The first-order valence-corrected chi connectivity index (χ1v) is 6.04. The van der Waals surface area contributed by atoms with Gasteiger partial charge < -0.3 is 14.6 Å². The van der Waals surface area contributed by atoms with Gasteiger partial charge in [0, 0.05) is 19.1 Å². The number of imidazole rings is 1. The summed E-state index contributed by atoms with van der Waals surface area (Å²) in [6, 6.07) is 0.522. The molecule has 4 heteroatoms. The van der Waals surface area contributed by atoms with E-state index >= 15 is 0 Å². The molecule has 0 bridgehead atoms. The zero-order valence-corrected chi connectivity index (χ0v) is 10.6. The summed E-state index contributed by atoms with van der Waals surface area (Å²) in [5.41, 5.74) is 1.16. The molecule has 0 aliphatic rings. The van der Waals surface area contributed by atoms with Crippen molar-refractivity contribution >= 4 is 0 Å². The van der Waals surface area contributed by atoms with Crippen molar-refractivity contribution in [2.45, 2.75) is 46.4 Å². The minimum atomic E-state index is 0.522. The van der Waals surface area contributed by atoms with Crippen LogP contribution in [0.5, 0.6) is 0 Å². The van der Waals surface area contributed by atoms with Crippen LogP contribution in [-0.4, -0.2) is 28.7 Å². The molecule has 0 saturated heterocycles. The van der Waals surface area contributed by atoms with Gasteiger partial charge in [-0.3, -0.25) is 0 Å². The van der Waals surface area contributed by atoms with Crippen molar-refractivity contribution in [3.8, 4) is 0 Å². The molecule has 1 N–H and O–H groups in total. The fourth-order valence-electron chi connectivity index (χ4n) is 1.51. The molecule has 0 unspecified atom stereocenters. The summed E-state index contributed by atoms with van der Waals surface area (Å²) in [6.45, 7) is 9.75. The van der Waals surface area contributed by atoms with Crippen molar-refractivity contribution in [2.24, 2.45) is 0 Å². The first-order valence-electron chi connectivity index (χ1n) is 6.04. The fourth-order valence-corrected chi connectivity index (χ4v) is 1.51. The highest BCUT2D eigenvalue weighted by atomic mass is 16.5. The lowest BCUT2D eigenvalue weighted by atomic mass is 10.4. The topological polar surface area (TPSA) is 39.1 Å². The molecule has 4 nitrogen and oxygen atoms in total. The van der Waals surface area contributed by atoms with E-state index in [0.29, 0.717) is 12.6 Å². The molecular formula is C12H23N3O. The summed E-state index contributed by atoms with van der Waals surface area (Å²) in [4.78, 5) is 4.14. The molecule has 0 fully saturated rings. The number of hydrogen-bond donors (Lipinski definition) is 1. The van der Waals surface area contributed by atoms with Crippen molar-refractivity contribution in [2.75, 3.05) is 13.2 Å². The third kappa shape index (κ3) is 4.77. The molecule has 1 aromatic heterocycles. The smallest absolute Gasteiger partial charge is 0.0948 e. The van der Waals surface area contributed by atoms with E-state index in [2.05, 4.69) is 35.6 Å². The molecule has 0 aromatic carbocycles. The van der Waals surface area contributed by atoms with Gasteiger partial charge in [0.15, 0.2) is 0 Å². The maximum atomic E-state index is 5.59. The molecule has 16 heavy (non-hydrogen) atoms. The first-order chi connectivity index (χ1) is 7.74. The quantitative estimate of drug-likeness (QED) is 0.686. The second-order valence-corrected chi connectivity index (χ2v) is 4.24. The van der Waals surface area contributed by atoms with Crippen LogP contribution in [0.15, 0.2) is 12.5 Å². The molecule has 1 aromatic rings. The van der Waals surface area contributed by atoms with E-state index < -0.39 is 0 Å². The van der Waals surface area contributed by atoms with Gasteiger partial charge in [-0.25, -0.2) is 4.98 Å². The highest BCUT2D eigenvalue weighted by molar-refractivity contribution is 4.96. The lowest BCUT2D eigenvalue weighted by Crippen LogP contribution is -2.26. The summed E-state index contributed by atoms with van der Waals surface area (Å²) in [7, 11) is 0. The highest BCUT2D eigenvalue weighted by Crippen LogP contribution is 2.02. The zero-order chi connectivity index (χ0) is 11.8. The highest BCUT2D eigenvalue weighted by Gasteiger charge is 2.01. The van der Waals surface area contributed by atoms with Crippen molar-refractivity contribution in [1.82, 2.24) is 14.9 Å². The third-order valence-corrected chi connectivity index (χ3v) is 2.31. The Hall–Kier alpha value is -0.870. The van der Waals surface area contributed by atoms with Crippen molar-refractivity contribution < 1.29 is 4.74 Å². The fraction of sp³-hybridized carbons (Fsp3) is 0.750. The number of ether oxygens (including phenoxy) is 1. The van der Waals surface area contributed by atoms with Crippen LogP contribution in [0.3, 0.4) is 0 Å². The van der Waals surface area contributed by atoms with Crippen LogP contribution < -0.4 is 5.32 Å². The molecule has 0 atom stereocenters. The van der Waals surface area contributed by atoms with Gasteiger partial charge in [-0.1, -0.05) is 20.8 Å². The predicted molar refractivity (Wildman–Crippen MR) is 65.3 cm³/mol. The number of aromatic nitrogens is 2. The number of rotatable bonds is 8. The van der Waals surface area contributed by atoms with E-state index in [0.717, 1.165) is 31.8 Å². The van der Waals surface area contributed by atoms with Crippen LogP contribution in [-0.2, 0) is 17.9 Å². The largest absolute Gasteiger partial charge is 0.374 e. The van der Waals surface area contributed by atoms with Crippen molar-refractivity contribution in [3.05, 3.63) is 18.2 Å². The summed E-state index contributed by atoms with van der Waals surface area (Å²) < 4.78 is 7.74. The molecule has 1 rings (SSSR count). The van der Waals surface area contributed by atoms with Crippen LogP contribution in [0.25, 0.3) is 0 Å². The molecule has 0 aliphatic carbocycles. The van der Waals surface area contributed by atoms with Crippen LogP contribution in [0.2, 0.25) is 0 Å². The molecule has 1 heterocycles. The Bertz CT molecular complexity index is 284. The second-order valence-electron chi connectivity index (χ2n) is 4.24. The molecular weight excluding hydrogens is 202 g/mol. The molecule has 0 amide bonds. The van der Waals surface area contributed by atoms with Crippen molar-refractivity contribution in [1.29, 1.82) is 0 Å². The molecule has 0 spiro atoms. The van der Waals surface area contributed by atoms with Gasteiger partial charge in [0.25, 0.3) is 0 Å². The molecule has 0 aliphatic heterocycles.